The molecule has 2 aliphatic rings. The van der Waals surface area contributed by atoms with Crippen molar-refractivity contribution in [3.8, 4) is 17.7 Å². The Balaban J connectivity index is 1.28. The monoisotopic (exact) mass is 440 g/mol. The number of para-hydroxylation sites is 1. The van der Waals surface area contributed by atoms with Gasteiger partial charge in [0.2, 0.25) is 12.0 Å². The second-order valence-corrected chi connectivity index (χ2v) is 9.19. The van der Waals surface area contributed by atoms with Gasteiger partial charge in [-0.15, -0.1) is 0 Å². The highest BCUT2D eigenvalue weighted by atomic mass is 16.5. The predicted octanol–water partition coefficient (Wildman–Crippen LogP) is 5.09. The number of ether oxygens (including phenoxy) is 2. The molecule has 0 saturated heterocycles. The smallest absolute Gasteiger partial charge is 0.311 e. The summed E-state index contributed by atoms with van der Waals surface area (Å²) in [5, 5.41) is 9.68. The Morgan fingerprint density at radius 2 is 1.82 bits per heavy atom. The Hall–Kier alpha value is -3.79. The number of rotatable bonds is 7. The summed E-state index contributed by atoms with van der Waals surface area (Å²) in [6.45, 7) is 4.04. The molecule has 2 aromatic heterocycles. The average molecular weight is 441 g/mol. The SMILES string of the molecule is CC1(C)[C@H](C(=O)OC(C#N)c2cccc(Oc3ccccc3)n2)[C@H]1c1cnc(C2CC2)nc1. The van der Waals surface area contributed by atoms with Crippen LogP contribution in [-0.2, 0) is 9.53 Å². The molecule has 7 heteroatoms. The maximum atomic E-state index is 13.0. The molecule has 1 aromatic carbocycles. The third kappa shape index (κ3) is 4.29. The summed E-state index contributed by atoms with van der Waals surface area (Å²) in [6, 6.07) is 16.3. The minimum atomic E-state index is -1.12. The molecular weight excluding hydrogens is 416 g/mol. The molecule has 3 atom stereocenters. The van der Waals surface area contributed by atoms with Crippen LogP contribution in [0.4, 0.5) is 0 Å². The van der Waals surface area contributed by atoms with Crippen molar-refractivity contribution >= 4 is 5.97 Å². The van der Waals surface area contributed by atoms with Crippen LogP contribution >= 0.6 is 0 Å². The number of nitrogens with zero attached hydrogens (tertiary/aromatic N) is 4. The van der Waals surface area contributed by atoms with E-state index in [1.54, 1.807) is 18.2 Å². The standard InChI is InChI=1S/C26H24N4O3/c1-26(2)22(17-14-28-24(29-15-17)16-11-12-16)23(26)25(31)33-20(13-27)19-9-6-10-21(30-19)32-18-7-4-3-5-8-18/h3-10,14-16,20,22-23H,11-12H2,1-2H3/t20?,22-,23+/m1/s1. The molecule has 166 valence electrons. The number of nitriles is 1. The molecule has 0 bridgehead atoms. The molecule has 1 unspecified atom stereocenters. The number of benzene rings is 1. The van der Waals surface area contributed by atoms with E-state index in [4.69, 9.17) is 9.47 Å². The quantitative estimate of drug-likeness (QED) is 0.472. The second-order valence-electron chi connectivity index (χ2n) is 9.19. The molecule has 2 heterocycles. The van der Waals surface area contributed by atoms with Crippen molar-refractivity contribution in [3.63, 3.8) is 0 Å². The maximum absolute atomic E-state index is 13.0. The lowest BCUT2D eigenvalue weighted by Crippen LogP contribution is -2.15. The van der Waals surface area contributed by atoms with E-state index in [1.165, 1.54) is 0 Å². The molecule has 0 radical (unpaired) electrons. The summed E-state index contributed by atoms with van der Waals surface area (Å²) in [5.74, 6) is 1.49. The van der Waals surface area contributed by atoms with Gasteiger partial charge in [-0.3, -0.25) is 4.79 Å². The summed E-state index contributed by atoms with van der Waals surface area (Å²) in [6.07, 6.45) is 4.82. The fraction of sp³-hybridized carbons (Fsp3) is 0.346. The van der Waals surface area contributed by atoms with Gasteiger partial charge in [-0.25, -0.2) is 15.0 Å². The van der Waals surface area contributed by atoms with Gasteiger partial charge in [0.1, 0.15) is 17.6 Å². The van der Waals surface area contributed by atoms with Crippen molar-refractivity contribution in [2.24, 2.45) is 11.3 Å². The van der Waals surface area contributed by atoms with Gasteiger partial charge in [0, 0.05) is 30.3 Å². The van der Waals surface area contributed by atoms with Gasteiger partial charge in [-0.2, -0.15) is 5.26 Å². The van der Waals surface area contributed by atoms with Gasteiger partial charge in [0.25, 0.3) is 0 Å². The molecule has 0 spiro atoms. The summed E-state index contributed by atoms with van der Waals surface area (Å²) in [7, 11) is 0. The van der Waals surface area contributed by atoms with Gasteiger partial charge in [0.15, 0.2) is 0 Å². The minimum absolute atomic E-state index is 0.0432. The molecule has 33 heavy (non-hydrogen) atoms. The van der Waals surface area contributed by atoms with Crippen LogP contribution in [0.5, 0.6) is 11.6 Å². The van der Waals surface area contributed by atoms with Gasteiger partial charge < -0.3 is 9.47 Å². The number of hydrogen-bond donors (Lipinski definition) is 0. The topological polar surface area (TPSA) is 98.0 Å². The fourth-order valence-electron chi connectivity index (χ4n) is 4.35. The predicted molar refractivity (Wildman–Crippen MR) is 119 cm³/mol. The molecule has 2 fully saturated rings. The Kier molecular flexibility index (Phi) is 5.29. The van der Waals surface area contributed by atoms with E-state index in [1.807, 2.05) is 62.6 Å². The van der Waals surface area contributed by atoms with E-state index in [2.05, 4.69) is 15.0 Å². The number of aromatic nitrogens is 3. The third-order valence-electron chi connectivity index (χ3n) is 6.41. The largest absolute Gasteiger partial charge is 0.440 e. The van der Waals surface area contributed by atoms with E-state index in [-0.39, 0.29) is 17.3 Å². The molecule has 0 N–H and O–H groups in total. The highest BCUT2D eigenvalue weighted by Crippen LogP contribution is 2.64. The number of esters is 1. The molecule has 2 aliphatic carbocycles. The highest BCUT2D eigenvalue weighted by molar-refractivity contribution is 5.80. The van der Waals surface area contributed by atoms with Crippen LogP contribution in [0.2, 0.25) is 0 Å². The summed E-state index contributed by atoms with van der Waals surface area (Å²) >= 11 is 0. The van der Waals surface area contributed by atoms with Crippen LogP contribution in [0.15, 0.2) is 60.9 Å². The van der Waals surface area contributed by atoms with Crippen LogP contribution in [0.25, 0.3) is 0 Å². The van der Waals surface area contributed by atoms with E-state index < -0.39 is 12.1 Å². The molecule has 0 aliphatic heterocycles. The van der Waals surface area contributed by atoms with E-state index in [0.717, 1.165) is 24.2 Å². The number of pyridine rings is 1. The molecule has 2 saturated carbocycles. The van der Waals surface area contributed by atoms with Gasteiger partial charge >= 0.3 is 5.97 Å². The van der Waals surface area contributed by atoms with Crippen LogP contribution < -0.4 is 4.74 Å². The maximum Gasteiger partial charge on any atom is 0.311 e. The van der Waals surface area contributed by atoms with Crippen molar-refractivity contribution in [2.75, 3.05) is 0 Å². The third-order valence-corrected chi connectivity index (χ3v) is 6.41. The molecule has 3 aromatic rings. The van der Waals surface area contributed by atoms with Crippen molar-refractivity contribution in [1.82, 2.24) is 15.0 Å². The first kappa shape index (κ1) is 21.1. The van der Waals surface area contributed by atoms with Gasteiger partial charge in [-0.05, 0) is 42.0 Å². The zero-order valence-electron chi connectivity index (χ0n) is 18.5. The summed E-state index contributed by atoms with van der Waals surface area (Å²) < 4.78 is 11.4. The first-order chi connectivity index (χ1) is 16.0. The second kappa shape index (κ2) is 8.28. The van der Waals surface area contributed by atoms with E-state index >= 15 is 0 Å². The van der Waals surface area contributed by atoms with Crippen molar-refractivity contribution in [3.05, 3.63) is 78.0 Å². The van der Waals surface area contributed by atoms with Crippen molar-refractivity contribution in [1.29, 1.82) is 5.26 Å². The Bertz CT molecular complexity index is 1200. The van der Waals surface area contributed by atoms with Crippen LogP contribution in [0.3, 0.4) is 0 Å². The highest BCUT2D eigenvalue weighted by Gasteiger charge is 2.63. The lowest BCUT2D eigenvalue weighted by atomic mass is 10.1. The van der Waals surface area contributed by atoms with Crippen LogP contribution in [-0.4, -0.2) is 20.9 Å². The Labute approximate surface area is 192 Å². The molecule has 7 nitrogen and oxygen atoms in total. The normalized spacial score (nSPS) is 21.5. The van der Waals surface area contributed by atoms with Gasteiger partial charge in [0.05, 0.1) is 11.6 Å². The lowest BCUT2D eigenvalue weighted by molar-refractivity contribution is -0.149. The average Bonchev–Trinajstić information content (AvgIpc) is 3.74. The van der Waals surface area contributed by atoms with Crippen LogP contribution in [0.1, 0.15) is 61.7 Å². The Morgan fingerprint density at radius 3 is 2.48 bits per heavy atom. The van der Waals surface area contributed by atoms with E-state index in [9.17, 15) is 10.1 Å². The van der Waals surface area contributed by atoms with E-state index in [0.29, 0.717) is 23.2 Å². The first-order valence-electron chi connectivity index (χ1n) is 11.1. The zero-order chi connectivity index (χ0) is 23.0. The first-order valence-corrected chi connectivity index (χ1v) is 11.1. The summed E-state index contributed by atoms with van der Waals surface area (Å²) in [5.41, 5.74) is 0.954. The minimum Gasteiger partial charge on any atom is -0.440 e. The lowest BCUT2D eigenvalue weighted by Gasteiger charge is -2.12. The number of carbonyl (C=O) groups is 1. The van der Waals surface area contributed by atoms with Crippen LogP contribution in [0, 0.1) is 22.7 Å². The van der Waals surface area contributed by atoms with Crippen molar-refractivity contribution in [2.45, 2.75) is 44.6 Å². The fourth-order valence-corrected chi connectivity index (χ4v) is 4.35. The molecular formula is C26H24N4O3. The van der Waals surface area contributed by atoms with Crippen molar-refractivity contribution < 1.29 is 14.3 Å². The zero-order valence-corrected chi connectivity index (χ0v) is 18.5. The van der Waals surface area contributed by atoms with Gasteiger partial charge in [-0.1, -0.05) is 38.1 Å². The molecule has 5 rings (SSSR count). The number of hydrogen-bond acceptors (Lipinski definition) is 7. The molecule has 0 amide bonds. The number of carbonyl (C=O) groups excluding carboxylic acids is 1. The Morgan fingerprint density at radius 1 is 1.09 bits per heavy atom. The summed E-state index contributed by atoms with van der Waals surface area (Å²) in [4.78, 5) is 26.4.